The number of rotatable bonds is 5. The Balaban J connectivity index is 3.63. The van der Waals surface area contributed by atoms with E-state index in [1.54, 1.807) is 0 Å². The number of carbonyl (C=O) groups excluding carboxylic acids is 2. The Kier molecular flexibility index (Phi) is 5.98. The van der Waals surface area contributed by atoms with E-state index in [1.807, 2.05) is 13.8 Å². The molecule has 0 aromatic heterocycles. The Morgan fingerprint density at radius 1 is 1.43 bits per heavy atom. The summed E-state index contributed by atoms with van der Waals surface area (Å²) in [6.45, 7) is 4.45. The molecule has 0 aromatic rings. The number of carbonyl (C=O) groups is 2. The average molecular weight is 199 g/mol. The fourth-order valence-corrected chi connectivity index (χ4v) is 0.652. The third-order valence-electron chi connectivity index (χ3n) is 1.31. The van der Waals surface area contributed by atoms with E-state index in [0.717, 1.165) is 6.21 Å². The molecule has 0 aromatic carbocycles. The number of nitrogens with one attached hydrogen (secondary N) is 3. The van der Waals surface area contributed by atoms with Crippen molar-refractivity contribution >= 4 is 18.0 Å². The molecule has 3 N–H and O–H groups in total. The summed E-state index contributed by atoms with van der Waals surface area (Å²) < 4.78 is 0. The number of amides is 2. The Labute approximate surface area is 82.3 Å². The van der Waals surface area contributed by atoms with Crippen molar-refractivity contribution in [2.75, 3.05) is 13.1 Å². The zero-order chi connectivity index (χ0) is 11.0. The molecule has 14 heavy (non-hydrogen) atoms. The van der Waals surface area contributed by atoms with Crippen molar-refractivity contribution in [1.82, 2.24) is 10.6 Å². The Morgan fingerprint density at radius 3 is 2.57 bits per heavy atom. The molecule has 0 unspecified atom stereocenters. The van der Waals surface area contributed by atoms with Crippen LogP contribution in [0.1, 0.15) is 13.8 Å². The van der Waals surface area contributed by atoms with E-state index >= 15 is 0 Å². The summed E-state index contributed by atoms with van der Waals surface area (Å²) in [5.74, 6) is -0.408. The molecule has 0 saturated heterocycles. The van der Waals surface area contributed by atoms with Crippen molar-refractivity contribution in [3.8, 4) is 0 Å². The molecule has 0 spiro atoms. The molecule has 2 amide bonds. The van der Waals surface area contributed by atoms with E-state index in [2.05, 4.69) is 15.4 Å². The maximum atomic E-state index is 11.0. The van der Waals surface area contributed by atoms with Gasteiger partial charge in [-0.2, -0.15) is 0 Å². The number of hydrogen-bond donors (Lipinski definition) is 3. The molecule has 0 rings (SSSR count). The Bertz CT molecular complexity index is 256. The van der Waals surface area contributed by atoms with Gasteiger partial charge in [-0.25, -0.2) is 0 Å². The van der Waals surface area contributed by atoms with Crippen LogP contribution in [0, 0.1) is 11.4 Å². The third-order valence-corrected chi connectivity index (χ3v) is 1.31. The van der Waals surface area contributed by atoms with E-state index in [-0.39, 0.29) is 12.5 Å². The van der Waals surface area contributed by atoms with E-state index in [0.29, 0.717) is 12.5 Å². The van der Waals surface area contributed by atoms with Gasteiger partial charge in [0.1, 0.15) is 0 Å². The van der Waals surface area contributed by atoms with Gasteiger partial charge in [-0.3, -0.25) is 9.59 Å². The zero-order valence-electron chi connectivity index (χ0n) is 8.33. The van der Waals surface area contributed by atoms with Gasteiger partial charge >= 0.3 is 12.1 Å². The molecule has 78 valence electrons. The number of nitrogens with zero attached hydrogens (tertiary/aromatic N) is 1. The lowest BCUT2D eigenvalue weighted by molar-refractivity contribution is -0.133. The lowest BCUT2D eigenvalue weighted by atomic mass is 10.2. The van der Waals surface area contributed by atoms with Crippen molar-refractivity contribution < 1.29 is 14.4 Å². The molecule has 0 radical (unpaired) electrons. The van der Waals surface area contributed by atoms with Gasteiger partial charge in [-0.05, 0) is 5.92 Å². The van der Waals surface area contributed by atoms with Gasteiger partial charge in [0, 0.05) is 6.54 Å². The van der Waals surface area contributed by atoms with Gasteiger partial charge < -0.3 is 10.6 Å². The van der Waals surface area contributed by atoms with Gasteiger partial charge in [0.2, 0.25) is 5.91 Å². The normalized spacial score (nSPS) is 9.07. The topological polar surface area (TPSA) is 96.2 Å². The third kappa shape index (κ3) is 7.00. The summed E-state index contributed by atoms with van der Waals surface area (Å²) in [6, 6.07) is 0. The van der Waals surface area contributed by atoms with Gasteiger partial charge in [-0.1, -0.05) is 13.8 Å². The fraction of sp³-hybridized carbons (Fsp3) is 0.625. The monoisotopic (exact) mass is 199 g/mol. The first kappa shape index (κ1) is 12.3. The molecule has 0 heterocycles. The summed E-state index contributed by atoms with van der Waals surface area (Å²) in [5, 5.41) is 4.92. The quantitative estimate of drug-likeness (QED) is 0.306. The SMILES string of the molecule is CC(C)CNC(=O)CNC(=O)C=[N+]=N. The maximum Gasteiger partial charge on any atom is 0.394 e. The lowest BCUT2D eigenvalue weighted by Crippen LogP contribution is -2.38. The van der Waals surface area contributed by atoms with Crippen LogP contribution in [0.2, 0.25) is 0 Å². The maximum absolute atomic E-state index is 11.0. The minimum Gasteiger partial charge on any atom is -0.354 e. The van der Waals surface area contributed by atoms with Crippen molar-refractivity contribution in [3.05, 3.63) is 0 Å². The summed E-state index contributed by atoms with van der Waals surface area (Å²) in [4.78, 5) is 24.5. The Morgan fingerprint density at radius 2 is 2.07 bits per heavy atom. The first-order valence-corrected chi connectivity index (χ1v) is 4.30. The highest BCUT2D eigenvalue weighted by Gasteiger charge is 2.06. The second kappa shape index (κ2) is 6.80. The van der Waals surface area contributed by atoms with Gasteiger partial charge in [0.25, 0.3) is 0 Å². The van der Waals surface area contributed by atoms with E-state index in [9.17, 15) is 9.59 Å². The molecule has 6 heteroatoms. The smallest absolute Gasteiger partial charge is 0.354 e. The summed E-state index contributed by atoms with van der Waals surface area (Å²) >= 11 is 0. The zero-order valence-corrected chi connectivity index (χ0v) is 8.33. The molecule has 0 aliphatic heterocycles. The van der Waals surface area contributed by atoms with Crippen LogP contribution in [-0.4, -0.2) is 35.9 Å². The fourth-order valence-electron chi connectivity index (χ4n) is 0.652. The minimum atomic E-state index is -0.542. The molecular formula is C8H15N4O2+. The molecular weight excluding hydrogens is 184 g/mol. The predicted molar refractivity (Wildman–Crippen MR) is 49.9 cm³/mol. The first-order valence-electron chi connectivity index (χ1n) is 4.30. The van der Waals surface area contributed by atoms with E-state index in [1.165, 1.54) is 0 Å². The largest absolute Gasteiger partial charge is 0.394 e. The molecule has 0 aliphatic rings. The van der Waals surface area contributed by atoms with Crippen LogP contribution in [-0.2, 0) is 9.59 Å². The van der Waals surface area contributed by atoms with Crippen LogP contribution >= 0.6 is 0 Å². The molecule has 0 atom stereocenters. The summed E-state index contributed by atoms with van der Waals surface area (Å²) in [6.07, 6.45) is 0.801. The highest BCUT2D eigenvalue weighted by Crippen LogP contribution is 1.85. The predicted octanol–water partition coefficient (Wildman–Crippen LogP) is -0.815. The van der Waals surface area contributed by atoms with E-state index in [4.69, 9.17) is 5.53 Å². The molecule has 0 fully saturated rings. The molecule has 0 bridgehead atoms. The van der Waals surface area contributed by atoms with Gasteiger partial charge in [0.05, 0.1) is 16.9 Å². The van der Waals surface area contributed by atoms with Crippen LogP contribution in [0.15, 0.2) is 0 Å². The molecule has 0 aliphatic carbocycles. The molecule has 0 saturated carbocycles. The van der Waals surface area contributed by atoms with Crippen LogP contribution in [0.3, 0.4) is 0 Å². The van der Waals surface area contributed by atoms with Crippen molar-refractivity contribution in [3.63, 3.8) is 0 Å². The first-order chi connectivity index (χ1) is 6.56. The van der Waals surface area contributed by atoms with Crippen molar-refractivity contribution in [1.29, 1.82) is 5.53 Å². The van der Waals surface area contributed by atoms with Crippen LogP contribution < -0.4 is 10.6 Å². The lowest BCUT2D eigenvalue weighted by Gasteiger charge is -2.06. The van der Waals surface area contributed by atoms with Crippen molar-refractivity contribution in [2.24, 2.45) is 5.92 Å². The number of hydrogen-bond acceptors (Lipinski definition) is 3. The van der Waals surface area contributed by atoms with Crippen molar-refractivity contribution in [2.45, 2.75) is 13.8 Å². The Hall–Kier alpha value is -1.68. The minimum absolute atomic E-state index is 0.0857. The van der Waals surface area contributed by atoms with Gasteiger partial charge in [0.15, 0.2) is 0 Å². The van der Waals surface area contributed by atoms with Crippen LogP contribution in [0.5, 0.6) is 0 Å². The molecule has 6 nitrogen and oxygen atoms in total. The van der Waals surface area contributed by atoms with Crippen LogP contribution in [0.25, 0.3) is 0 Å². The standard InChI is InChI=1S/C8H14N4O2/c1-6(2)3-10-7(13)4-11-8(14)5-12-9/h5-6,9H,3-4H2,1-2H3,(H-,10,11,13,14)/p+1. The highest BCUT2D eigenvalue weighted by atomic mass is 16.2. The van der Waals surface area contributed by atoms with Gasteiger partial charge in [-0.15, -0.1) is 0 Å². The average Bonchev–Trinajstić information content (AvgIpc) is 2.12. The van der Waals surface area contributed by atoms with E-state index < -0.39 is 5.91 Å². The second-order valence-electron chi connectivity index (χ2n) is 3.17. The highest BCUT2D eigenvalue weighted by molar-refractivity contribution is 6.24. The summed E-state index contributed by atoms with van der Waals surface area (Å²) in [5.41, 5.74) is 6.36. The second-order valence-corrected chi connectivity index (χ2v) is 3.17. The summed E-state index contributed by atoms with van der Waals surface area (Å²) in [7, 11) is 0. The van der Waals surface area contributed by atoms with Crippen LogP contribution in [0.4, 0.5) is 0 Å².